The van der Waals surface area contributed by atoms with E-state index in [0.29, 0.717) is 22.2 Å². The summed E-state index contributed by atoms with van der Waals surface area (Å²) in [5, 5.41) is 3.80. The molecule has 0 aliphatic heterocycles. The molecule has 0 saturated heterocycles. The van der Waals surface area contributed by atoms with E-state index in [1.807, 2.05) is 0 Å². The topological polar surface area (TPSA) is 38.3 Å². The van der Waals surface area contributed by atoms with Gasteiger partial charge in [-0.05, 0) is 30.7 Å². The lowest BCUT2D eigenvalue weighted by molar-refractivity contribution is -0.145. The van der Waals surface area contributed by atoms with Crippen LogP contribution in [0.4, 0.5) is 0 Å². The fourth-order valence-electron chi connectivity index (χ4n) is 1.47. The van der Waals surface area contributed by atoms with Crippen LogP contribution in [0.3, 0.4) is 0 Å². The van der Waals surface area contributed by atoms with Crippen molar-refractivity contribution in [2.24, 2.45) is 0 Å². The van der Waals surface area contributed by atoms with Crippen molar-refractivity contribution >= 4 is 29.2 Å². The minimum Gasteiger partial charge on any atom is -0.465 e. The highest BCUT2D eigenvalue weighted by atomic mass is 35.5. The highest BCUT2D eigenvalue weighted by Gasteiger charge is 2.21. The first kappa shape index (κ1) is 14.8. The van der Waals surface area contributed by atoms with E-state index in [9.17, 15) is 4.79 Å². The van der Waals surface area contributed by atoms with Gasteiger partial charge in [0.15, 0.2) is 0 Å². The van der Waals surface area contributed by atoms with Crippen molar-refractivity contribution in [2.45, 2.75) is 13.0 Å². The molecule has 3 nitrogen and oxygen atoms in total. The van der Waals surface area contributed by atoms with E-state index >= 15 is 0 Å². The fourth-order valence-corrected chi connectivity index (χ4v) is 2.01. The van der Waals surface area contributed by atoms with E-state index in [2.05, 4.69) is 11.2 Å². The molecule has 1 unspecified atom stereocenters. The number of carbonyl (C=O) groups is 1. The van der Waals surface area contributed by atoms with E-state index in [1.54, 1.807) is 25.1 Å². The first-order valence-corrected chi connectivity index (χ1v) is 6.13. The fraction of sp³-hybridized carbons (Fsp3) is 0.308. The van der Waals surface area contributed by atoms with Crippen LogP contribution >= 0.6 is 23.2 Å². The summed E-state index contributed by atoms with van der Waals surface area (Å²) < 4.78 is 4.98. The van der Waals surface area contributed by atoms with Gasteiger partial charge in [-0.3, -0.25) is 5.32 Å². The van der Waals surface area contributed by atoms with Crippen molar-refractivity contribution < 1.29 is 9.53 Å². The third-order valence-electron chi connectivity index (χ3n) is 2.15. The Morgan fingerprint density at radius 3 is 2.56 bits per heavy atom. The van der Waals surface area contributed by atoms with Crippen LogP contribution in [0, 0.1) is 12.3 Å². The molecule has 0 aliphatic rings. The summed E-state index contributed by atoms with van der Waals surface area (Å²) >= 11 is 11.8. The molecule has 0 fully saturated rings. The van der Waals surface area contributed by atoms with Gasteiger partial charge < -0.3 is 4.74 Å². The summed E-state index contributed by atoms with van der Waals surface area (Å²) in [4.78, 5) is 11.8. The van der Waals surface area contributed by atoms with Crippen molar-refractivity contribution in [2.75, 3.05) is 13.2 Å². The number of hydrogen-bond acceptors (Lipinski definition) is 3. The van der Waals surface area contributed by atoms with Gasteiger partial charge in [0.25, 0.3) is 0 Å². The number of terminal acetylenes is 1. The summed E-state index contributed by atoms with van der Waals surface area (Å²) in [6.45, 7) is 2.27. The number of halogens is 2. The maximum absolute atomic E-state index is 11.8. The Morgan fingerprint density at radius 1 is 1.44 bits per heavy atom. The summed E-state index contributed by atoms with van der Waals surface area (Å²) in [6.07, 6.45) is 5.17. The van der Waals surface area contributed by atoms with Crippen LogP contribution in [0.25, 0.3) is 0 Å². The minimum atomic E-state index is -0.669. The summed E-state index contributed by atoms with van der Waals surface area (Å²) in [5.74, 6) is 2.00. The Labute approximate surface area is 116 Å². The Kier molecular flexibility index (Phi) is 6.00. The van der Waals surface area contributed by atoms with Crippen LogP contribution in [0.2, 0.25) is 10.0 Å². The monoisotopic (exact) mass is 285 g/mol. The molecule has 0 amide bonds. The van der Waals surface area contributed by atoms with Gasteiger partial charge in [0.1, 0.15) is 6.04 Å². The summed E-state index contributed by atoms with van der Waals surface area (Å²) in [7, 11) is 0. The second kappa shape index (κ2) is 7.27. The molecule has 0 radical (unpaired) electrons. The highest BCUT2D eigenvalue weighted by molar-refractivity contribution is 6.34. The number of carbonyl (C=O) groups excluding carboxylic acids is 1. The average Bonchev–Trinajstić information content (AvgIpc) is 2.28. The largest absolute Gasteiger partial charge is 0.465 e. The predicted molar refractivity (Wildman–Crippen MR) is 72.7 cm³/mol. The van der Waals surface area contributed by atoms with Gasteiger partial charge in [-0.25, -0.2) is 4.79 Å². The molecule has 96 valence electrons. The predicted octanol–water partition coefficient (Wildman–Crippen LogP) is 2.82. The van der Waals surface area contributed by atoms with E-state index in [1.165, 1.54) is 0 Å². The number of benzene rings is 1. The maximum Gasteiger partial charge on any atom is 0.327 e. The normalized spacial score (nSPS) is 11.7. The molecular weight excluding hydrogens is 273 g/mol. The van der Waals surface area contributed by atoms with Crippen molar-refractivity contribution in [3.8, 4) is 12.3 Å². The molecule has 18 heavy (non-hydrogen) atoms. The molecule has 0 aromatic heterocycles. The number of ether oxygens (including phenoxy) is 1. The highest BCUT2D eigenvalue weighted by Crippen LogP contribution is 2.24. The van der Waals surface area contributed by atoms with E-state index in [0.717, 1.165) is 0 Å². The van der Waals surface area contributed by atoms with Crippen molar-refractivity contribution in [3.05, 3.63) is 33.8 Å². The number of esters is 1. The first-order chi connectivity index (χ1) is 8.58. The van der Waals surface area contributed by atoms with Crippen LogP contribution < -0.4 is 5.32 Å². The molecule has 0 heterocycles. The van der Waals surface area contributed by atoms with Gasteiger partial charge in [-0.1, -0.05) is 29.1 Å². The maximum atomic E-state index is 11.8. The zero-order valence-corrected chi connectivity index (χ0v) is 11.4. The average molecular weight is 286 g/mol. The lowest BCUT2D eigenvalue weighted by atomic mass is 10.1. The number of rotatable bonds is 5. The molecule has 5 heteroatoms. The standard InChI is InChI=1S/C13H13Cl2NO2/c1-3-5-16-12(13(17)18-4-2)9-6-10(14)8-11(15)7-9/h1,6-8,12,16H,4-5H2,2H3. The summed E-state index contributed by atoms with van der Waals surface area (Å²) in [5.41, 5.74) is 0.626. The van der Waals surface area contributed by atoms with Gasteiger partial charge in [0, 0.05) is 10.0 Å². The van der Waals surface area contributed by atoms with Crippen LogP contribution in [0.1, 0.15) is 18.5 Å². The molecule has 1 rings (SSSR count). The molecule has 1 N–H and O–H groups in total. The zero-order chi connectivity index (χ0) is 13.5. The molecule has 0 saturated carbocycles. The molecule has 0 bridgehead atoms. The quantitative estimate of drug-likeness (QED) is 0.668. The molecule has 0 aliphatic carbocycles. The van der Waals surface area contributed by atoms with Gasteiger partial charge in [0.05, 0.1) is 13.2 Å². The van der Waals surface area contributed by atoms with Crippen LogP contribution in [0.15, 0.2) is 18.2 Å². The van der Waals surface area contributed by atoms with Crippen molar-refractivity contribution in [1.82, 2.24) is 5.32 Å². The first-order valence-electron chi connectivity index (χ1n) is 5.38. The SMILES string of the molecule is C#CCNC(C(=O)OCC)c1cc(Cl)cc(Cl)c1. The Bertz CT molecular complexity index is 448. The second-order valence-corrected chi connectivity index (χ2v) is 4.35. The molecular formula is C13H13Cl2NO2. The third-order valence-corrected chi connectivity index (χ3v) is 2.59. The van der Waals surface area contributed by atoms with Crippen molar-refractivity contribution in [1.29, 1.82) is 0 Å². The van der Waals surface area contributed by atoms with Gasteiger partial charge in [-0.15, -0.1) is 6.42 Å². The Morgan fingerprint density at radius 2 is 2.06 bits per heavy atom. The van der Waals surface area contributed by atoms with E-state index in [-0.39, 0.29) is 6.54 Å². The van der Waals surface area contributed by atoms with Gasteiger partial charge in [0.2, 0.25) is 0 Å². The Hall–Kier alpha value is -1.21. The molecule has 1 atom stereocenters. The number of hydrogen-bond donors (Lipinski definition) is 1. The molecule has 1 aromatic rings. The van der Waals surface area contributed by atoms with Gasteiger partial charge >= 0.3 is 5.97 Å². The molecule has 1 aromatic carbocycles. The van der Waals surface area contributed by atoms with Gasteiger partial charge in [-0.2, -0.15) is 0 Å². The minimum absolute atomic E-state index is 0.244. The van der Waals surface area contributed by atoms with E-state index in [4.69, 9.17) is 34.4 Å². The Balaban J connectivity index is 3.01. The second-order valence-electron chi connectivity index (χ2n) is 3.47. The van der Waals surface area contributed by atoms with Crippen LogP contribution in [-0.4, -0.2) is 19.1 Å². The lowest BCUT2D eigenvalue weighted by Crippen LogP contribution is -2.30. The van der Waals surface area contributed by atoms with E-state index < -0.39 is 12.0 Å². The smallest absolute Gasteiger partial charge is 0.327 e. The zero-order valence-electron chi connectivity index (χ0n) is 9.87. The number of nitrogens with one attached hydrogen (secondary N) is 1. The molecule has 0 spiro atoms. The van der Waals surface area contributed by atoms with Crippen LogP contribution in [0.5, 0.6) is 0 Å². The summed E-state index contributed by atoms with van der Waals surface area (Å²) in [6, 6.07) is 4.23. The van der Waals surface area contributed by atoms with Crippen LogP contribution in [-0.2, 0) is 9.53 Å². The third kappa shape index (κ3) is 4.23. The van der Waals surface area contributed by atoms with Crippen molar-refractivity contribution in [3.63, 3.8) is 0 Å². The lowest BCUT2D eigenvalue weighted by Gasteiger charge is -2.16.